The molecule has 8 heteroatoms. The van der Waals surface area contributed by atoms with E-state index < -0.39 is 11.9 Å². The average molecular weight is 330 g/mol. The lowest BCUT2D eigenvalue weighted by molar-refractivity contribution is -0.140. The molecule has 118 valence electrons. The Labute approximate surface area is 128 Å². The molecule has 2 aromatic rings. The minimum atomic E-state index is -4.44. The monoisotopic (exact) mass is 330 g/mol. The molecule has 0 unspecified atom stereocenters. The number of hydrogen-bond acceptors (Lipinski definition) is 4. The van der Waals surface area contributed by atoms with Crippen LogP contribution >= 0.6 is 11.3 Å². The van der Waals surface area contributed by atoms with E-state index in [-0.39, 0.29) is 17.5 Å². The van der Waals surface area contributed by atoms with Gasteiger partial charge in [-0.15, -0.1) is 11.3 Å². The predicted octanol–water partition coefficient (Wildman–Crippen LogP) is 4.01. The standard InChI is InChI=1S/C14H13F3N2O2S/c1-8-5-10(3-4-11(8)18-9(2)20)21-6-13-19-12(7-22-13)14(15,16)17/h3-5,7H,6H2,1-2H3,(H,18,20). The quantitative estimate of drug-likeness (QED) is 0.921. The Balaban J connectivity index is 2.01. The van der Waals surface area contributed by atoms with Crippen LogP contribution in [0.1, 0.15) is 23.2 Å². The summed E-state index contributed by atoms with van der Waals surface area (Å²) in [6, 6.07) is 5.01. The first-order chi connectivity index (χ1) is 10.3. The van der Waals surface area contributed by atoms with Crippen LogP contribution in [0.4, 0.5) is 18.9 Å². The van der Waals surface area contributed by atoms with Gasteiger partial charge in [-0.05, 0) is 30.7 Å². The summed E-state index contributed by atoms with van der Waals surface area (Å²) in [5.74, 6) is 0.314. The smallest absolute Gasteiger partial charge is 0.434 e. The van der Waals surface area contributed by atoms with Crippen molar-refractivity contribution in [1.29, 1.82) is 0 Å². The first-order valence-electron chi connectivity index (χ1n) is 6.28. The summed E-state index contributed by atoms with van der Waals surface area (Å²) < 4.78 is 42.7. The van der Waals surface area contributed by atoms with Gasteiger partial charge in [-0.3, -0.25) is 4.79 Å². The molecule has 0 aliphatic rings. The molecule has 0 aliphatic heterocycles. The van der Waals surface area contributed by atoms with Crippen LogP contribution in [0, 0.1) is 6.92 Å². The number of benzene rings is 1. The summed E-state index contributed by atoms with van der Waals surface area (Å²) in [7, 11) is 0. The van der Waals surface area contributed by atoms with Gasteiger partial charge < -0.3 is 10.1 Å². The summed E-state index contributed by atoms with van der Waals surface area (Å²) in [6.45, 7) is 3.16. The van der Waals surface area contributed by atoms with Crippen LogP contribution in [0.15, 0.2) is 23.6 Å². The highest BCUT2D eigenvalue weighted by atomic mass is 32.1. The molecule has 1 N–H and O–H groups in total. The molecular formula is C14H13F3N2O2S. The van der Waals surface area contributed by atoms with E-state index in [2.05, 4.69) is 10.3 Å². The fourth-order valence-electron chi connectivity index (χ4n) is 1.71. The van der Waals surface area contributed by atoms with Crippen LogP contribution in [0.5, 0.6) is 5.75 Å². The number of ether oxygens (including phenoxy) is 1. The van der Waals surface area contributed by atoms with Crippen molar-refractivity contribution in [3.05, 3.63) is 39.8 Å². The number of aryl methyl sites for hydroxylation is 1. The van der Waals surface area contributed by atoms with E-state index in [1.807, 2.05) is 0 Å². The van der Waals surface area contributed by atoms with E-state index in [9.17, 15) is 18.0 Å². The zero-order chi connectivity index (χ0) is 16.3. The molecule has 1 amide bonds. The number of thiazole rings is 1. The van der Waals surface area contributed by atoms with Gasteiger partial charge in [-0.2, -0.15) is 13.2 Å². The number of rotatable bonds is 4. The van der Waals surface area contributed by atoms with Gasteiger partial charge in [0.1, 0.15) is 17.4 Å². The molecule has 0 saturated carbocycles. The van der Waals surface area contributed by atoms with Gasteiger partial charge in [-0.25, -0.2) is 4.98 Å². The molecule has 1 aromatic carbocycles. The van der Waals surface area contributed by atoms with Gasteiger partial charge in [0.15, 0.2) is 5.69 Å². The van der Waals surface area contributed by atoms with E-state index in [1.165, 1.54) is 6.92 Å². The summed E-state index contributed by atoms with van der Waals surface area (Å²) in [6.07, 6.45) is -4.44. The molecule has 1 aromatic heterocycles. The van der Waals surface area contributed by atoms with Crippen LogP contribution in [0.3, 0.4) is 0 Å². The van der Waals surface area contributed by atoms with Gasteiger partial charge in [0.2, 0.25) is 5.91 Å². The van der Waals surface area contributed by atoms with Crippen molar-refractivity contribution < 1.29 is 22.7 Å². The minimum absolute atomic E-state index is 0.0420. The van der Waals surface area contributed by atoms with Crippen molar-refractivity contribution in [2.75, 3.05) is 5.32 Å². The molecule has 0 spiro atoms. The van der Waals surface area contributed by atoms with Gasteiger partial charge in [-0.1, -0.05) is 0 Å². The van der Waals surface area contributed by atoms with Crippen molar-refractivity contribution in [1.82, 2.24) is 4.98 Å². The minimum Gasteiger partial charge on any atom is -0.486 e. The average Bonchev–Trinajstić information content (AvgIpc) is 2.87. The number of nitrogens with one attached hydrogen (secondary N) is 1. The summed E-state index contributed by atoms with van der Waals surface area (Å²) in [5.41, 5.74) is 0.546. The maximum atomic E-state index is 12.4. The number of amides is 1. The van der Waals surface area contributed by atoms with E-state index in [4.69, 9.17) is 4.74 Å². The first-order valence-corrected chi connectivity index (χ1v) is 7.16. The molecular weight excluding hydrogens is 317 g/mol. The Kier molecular flexibility index (Phi) is 4.70. The molecule has 0 bridgehead atoms. The Morgan fingerprint density at radius 2 is 2.14 bits per heavy atom. The lowest BCUT2D eigenvalue weighted by Crippen LogP contribution is -2.07. The Bertz CT molecular complexity index is 683. The highest BCUT2D eigenvalue weighted by Crippen LogP contribution is 2.30. The fraction of sp³-hybridized carbons (Fsp3) is 0.286. The van der Waals surface area contributed by atoms with Gasteiger partial charge in [0.05, 0.1) is 0 Å². The Morgan fingerprint density at radius 3 is 2.68 bits per heavy atom. The van der Waals surface area contributed by atoms with E-state index in [0.29, 0.717) is 11.4 Å². The topological polar surface area (TPSA) is 51.2 Å². The molecule has 0 radical (unpaired) electrons. The Morgan fingerprint density at radius 1 is 1.41 bits per heavy atom. The van der Waals surface area contributed by atoms with Crippen LogP contribution < -0.4 is 10.1 Å². The number of carbonyl (C=O) groups excluding carboxylic acids is 1. The van der Waals surface area contributed by atoms with E-state index >= 15 is 0 Å². The molecule has 0 saturated heterocycles. The van der Waals surface area contributed by atoms with Gasteiger partial charge >= 0.3 is 6.18 Å². The van der Waals surface area contributed by atoms with Crippen molar-refractivity contribution >= 4 is 22.9 Å². The molecule has 0 fully saturated rings. The number of hydrogen-bond donors (Lipinski definition) is 1. The highest BCUT2D eigenvalue weighted by Gasteiger charge is 2.33. The van der Waals surface area contributed by atoms with Crippen molar-refractivity contribution in [2.24, 2.45) is 0 Å². The fourth-order valence-corrected chi connectivity index (χ4v) is 2.42. The van der Waals surface area contributed by atoms with Crippen LogP contribution in [-0.2, 0) is 17.6 Å². The number of alkyl halides is 3. The Hall–Kier alpha value is -2.09. The van der Waals surface area contributed by atoms with Crippen molar-refractivity contribution in [3.8, 4) is 5.75 Å². The van der Waals surface area contributed by atoms with Crippen LogP contribution in [-0.4, -0.2) is 10.9 Å². The SMILES string of the molecule is CC(=O)Nc1ccc(OCc2nc(C(F)(F)F)cs2)cc1C. The van der Waals surface area contributed by atoms with Gasteiger partial charge in [0.25, 0.3) is 0 Å². The van der Waals surface area contributed by atoms with Crippen LogP contribution in [0.25, 0.3) is 0 Å². The maximum Gasteiger partial charge on any atom is 0.434 e. The van der Waals surface area contributed by atoms with Crippen molar-refractivity contribution in [2.45, 2.75) is 26.6 Å². The molecule has 4 nitrogen and oxygen atoms in total. The summed E-state index contributed by atoms with van der Waals surface area (Å²) >= 11 is 0.898. The zero-order valence-electron chi connectivity index (χ0n) is 11.8. The summed E-state index contributed by atoms with van der Waals surface area (Å²) in [4.78, 5) is 14.5. The third kappa shape index (κ3) is 4.20. The number of aromatic nitrogens is 1. The van der Waals surface area contributed by atoms with E-state index in [1.54, 1.807) is 25.1 Å². The molecule has 22 heavy (non-hydrogen) atoms. The third-order valence-electron chi connectivity index (χ3n) is 2.71. The van der Waals surface area contributed by atoms with Crippen LogP contribution in [0.2, 0.25) is 0 Å². The third-order valence-corrected chi connectivity index (χ3v) is 3.54. The maximum absolute atomic E-state index is 12.4. The molecule has 1 heterocycles. The number of carbonyl (C=O) groups is 1. The van der Waals surface area contributed by atoms with Gasteiger partial charge in [0, 0.05) is 18.0 Å². The van der Waals surface area contributed by atoms with E-state index in [0.717, 1.165) is 22.3 Å². The molecule has 0 atom stereocenters. The largest absolute Gasteiger partial charge is 0.486 e. The normalized spacial score (nSPS) is 11.3. The molecule has 2 rings (SSSR count). The molecule has 0 aliphatic carbocycles. The second kappa shape index (κ2) is 6.35. The number of nitrogens with zero attached hydrogens (tertiary/aromatic N) is 1. The second-order valence-electron chi connectivity index (χ2n) is 4.57. The first kappa shape index (κ1) is 16.3. The number of anilines is 1. The predicted molar refractivity (Wildman–Crippen MR) is 76.9 cm³/mol. The van der Waals surface area contributed by atoms with Crippen molar-refractivity contribution in [3.63, 3.8) is 0 Å². The number of halogens is 3. The second-order valence-corrected chi connectivity index (χ2v) is 5.51. The highest BCUT2D eigenvalue weighted by molar-refractivity contribution is 7.09. The summed E-state index contributed by atoms with van der Waals surface area (Å²) in [5, 5.41) is 3.87. The zero-order valence-corrected chi connectivity index (χ0v) is 12.6. The lowest BCUT2D eigenvalue weighted by atomic mass is 10.2. The lowest BCUT2D eigenvalue weighted by Gasteiger charge is -2.09.